The Morgan fingerprint density at radius 2 is 1.83 bits per heavy atom. The zero-order chi connectivity index (χ0) is 26.3. The molecule has 2 aliphatic rings. The highest BCUT2D eigenvalue weighted by Crippen LogP contribution is 2.45. The van der Waals surface area contributed by atoms with Gasteiger partial charge in [0.1, 0.15) is 5.75 Å². The van der Waals surface area contributed by atoms with Crippen LogP contribution in [0.3, 0.4) is 0 Å². The minimum atomic E-state index is -0.112. The van der Waals surface area contributed by atoms with Crippen molar-refractivity contribution in [3.63, 3.8) is 0 Å². The van der Waals surface area contributed by atoms with Crippen molar-refractivity contribution in [2.45, 2.75) is 90.1 Å². The number of benzene rings is 2. The van der Waals surface area contributed by atoms with Crippen molar-refractivity contribution in [2.75, 3.05) is 25.5 Å². The molecule has 1 saturated heterocycles. The Hall–Kier alpha value is -2.46. The van der Waals surface area contributed by atoms with E-state index in [2.05, 4.69) is 101 Å². The van der Waals surface area contributed by atoms with Gasteiger partial charge in [-0.25, -0.2) is 0 Å². The predicted octanol–water partition coefficient (Wildman–Crippen LogP) is 6.90. The van der Waals surface area contributed by atoms with E-state index in [0.717, 1.165) is 36.8 Å². The van der Waals surface area contributed by atoms with Crippen LogP contribution in [0.25, 0.3) is 0 Å². The fraction of sp³-hybridized carbons (Fsp3) is 0.562. The number of phenolic OH excluding ortho intramolecular Hbond substituents is 1. The van der Waals surface area contributed by atoms with Gasteiger partial charge < -0.3 is 15.3 Å². The lowest BCUT2D eigenvalue weighted by atomic mass is 9.66. The first kappa shape index (κ1) is 26.6. The molecule has 4 rings (SSSR count). The minimum Gasteiger partial charge on any atom is -0.508 e. The van der Waals surface area contributed by atoms with E-state index < -0.39 is 0 Å². The molecule has 2 aromatic carbocycles. The highest BCUT2D eigenvalue weighted by Gasteiger charge is 2.48. The van der Waals surface area contributed by atoms with E-state index >= 15 is 0 Å². The summed E-state index contributed by atoms with van der Waals surface area (Å²) in [4.78, 5) is 5.06. The highest BCUT2D eigenvalue weighted by atomic mass is 16.3. The van der Waals surface area contributed by atoms with Gasteiger partial charge in [-0.3, -0.25) is 4.90 Å². The lowest BCUT2D eigenvalue weighted by Gasteiger charge is -2.55. The average molecular weight is 490 g/mol. The fourth-order valence-electron chi connectivity index (χ4n) is 6.27. The van der Waals surface area contributed by atoms with E-state index in [-0.39, 0.29) is 16.9 Å². The van der Waals surface area contributed by atoms with E-state index in [0.29, 0.717) is 11.8 Å². The first-order chi connectivity index (χ1) is 16.9. The number of nitrogens with one attached hydrogen (secondary N) is 1. The van der Waals surface area contributed by atoms with E-state index in [4.69, 9.17) is 0 Å². The molecule has 3 unspecified atom stereocenters. The number of phenols is 1. The number of hydrogen-bond acceptors (Lipinski definition) is 4. The number of aryl methyl sites for hydroxylation is 1. The molecule has 4 heteroatoms. The number of likely N-dealkylation sites (N-methyl/N-ethyl adjacent to an activating group) is 1. The summed E-state index contributed by atoms with van der Waals surface area (Å²) >= 11 is 0. The standard InChI is InChI=1S/C32H47N3O/c1-9-25-12-17-28(36)20-29(25)32(7)18-19-35(21-24-10-11-24)22(2)30(32)34(8)23(3)33-27-15-13-26(14-16-27)31(4,5)6/h12-17,20,22,24,30,33,36H,3,9-11,18-19,21H2,1-2,4-8H3. The highest BCUT2D eigenvalue weighted by molar-refractivity contribution is 5.50. The largest absolute Gasteiger partial charge is 0.508 e. The maximum Gasteiger partial charge on any atom is 0.115 e. The van der Waals surface area contributed by atoms with Crippen LogP contribution in [0, 0.1) is 5.92 Å². The summed E-state index contributed by atoms with van der Waals surface area (Å²) in [6.45, 7) is 20.5. The van der Waals surface area contributed by atoms with E-state index in [1.165, 1.54) is 36.1 Å². The van der Waals surface area contributed by atoms with Gasteiger partial charge in [-0.2, -0.15) is 0 Å². The van der Waals surface area contributed by atoms with Crippen molar-refractivity contribution in [1.82, 2.24) is 9.80 Å². The summed E-state index contributed by atoms with van der Waals surface area (Å²) < 4.78 is 0. The van der Waals surface area contributed by atoms with Gasteiger partial charge in [0.2, 0.25) is 0 Å². The first-order valence-electron chi connectivity index (χ1n) is 13.8. The van der Waals surface area contributed by atoms with Gasteiger partial charge in [-0.15, -0.1) is 0 Å². The summed E-state index contributed by atoms with van der Waals surface area (Å²) in [5.74, 6) is 2.12. The van der Waals surface area contributed by atoms with Crippen molar-refractivity contribution in [2.24, 2.45) is 5.92 Å². The smallest absolute Gasteiger partial charge is 0.115 e. The van der Waals surface area contributed by atoms with Crippen LogP contribution in [0.2, 0.25) is 0 Å². The van der Waals surface area contributed by atoms with Gasteiger partial charge in [-0.05, 0) is 91.4 Å². The molecule has 1 aliphatic heterocycles. The van der Waals surface area contributed by atoms with Crippen molar-refractivity contribution in [3.05, 3.63) is 71.6 Å². The van der Waals surface area contributed by atoms with E-state index in [9.17, 15) is 5.11 Å². The molecule has 3 atom stereocenters. The van der Waals surface area contributed by atoms with Gasteiger partial charge in [-0.1, -0.05) is 59.4 Å². The maximum absolute atomic E-state index is 10.5. The molecular formula is C32H47N3O. The van der Waals surface area contributed by atoms with Crippen LogP contribution in [-0.4, -0.2) is 47.1 Å². The first-order valence-corrected chi connectivity index (χ1v) is 13.8. The molecule has 1 heterocycles. The van der Waals surface area contributed by atoms with Gasteiger partial charge >= 0.3 is 0 Å². The minimum absolute atomic E-state index is 0.112. The zero-order valence-corrected chi connectivity index (χ0v) is 23.6. The van der Waals surface area contributed by atoms with Crippen molar-refractivity contribution in [1.29, 1.82) is 0 Å². The molecule has 0 aromatic heterocycles. The Morgan fingerprint density at radius 3 is 2.42 bits per heavy atom. The summed E-state index contributed by atoms with van der Waals surface area (Å²) in [6, 6.07) is 15.3. The lowest BCUT2D eigenvalue weighted by molar-refractivity contribution is 0.0189. The van der Waals surface area contributed by atoms with Crippen molar-refractivity contribution < 1.29 is 5.11 Å². The number of anilines is 1. The van der Waals surface area contributed by atoms with Gasteiger partial charge in [0.15, 0.2) is 0 Å². The predicted molar refractivity (Wildman–Crippen MR) is 153 cm³/mol. The molecule has 1 saturated carbocycles. The average Bonchev–Trinajstić information content (AvgIpc) is 3.65. The number of rotatable bonds is 8. The van der Waals surface area contributed by atoms with Crippen LogP contribution in [0.15, 0.2) is 54.9 Å². The van der Waals surface area contributed by atoms with Crippen LogP contribution >= 0.6 is 0 Å². The molecule has 1 aliphatic carbocycles. The molecule has 0 spiro atoms. The zero-order valence-electron chi connectivity index (χ0n) is 23.6. The third kappa shape index (κ3) is 5.44. The van der Waals surface area contributed by atoms with Crippen LogP contribution in [0.5, 0.6) is 5.75 Å². The van der Waals surface area contributed by atoms with Crippen LogP contribution in [0.1, 0.15) is 77.5 Å². The lowest BCUT2D eigenvalue weighted by Crippen LogP contribution is -2.63. The molecule has 0 radical (unpaired) electrons. The third-order valence-electron chi connectivity index (χ3n) is 8.77. The van der Waals surface area contributed by atoms with Crippen LogP contribution in [0.4, 0.5) is 5.69 Å². The quantitative estimate of drug-likeness (QED) is 0.423. The molecule has 36 heavy (non-hydrogen) atoms. The maximum atomic E-state index is 10.5. The Bertz CT molecular complexity index is 1070. The van der Waals surface area contributed by atoms with Gasteiger partial charge in [0.05, 0.1) is 11.9 Å². The molecule has 2 aromatic rings. The molecule has 0 bridgehead atoms. The Morgan fingerprint density at radius 1 is 1.17 bits per heavy atom. The monoisotopic (exact) mass is 489 g/mol. The second kappa shape index (κ2) is 10.1. The Labute approximate surface area is 219 Å². The fourth-order valence-corrected chi connectivity index (χ4v) is 6.27. The number of nitrogens with zero attached hydrogens (tertiary/aromatic N) is 2. The number of piperidine rings is 1. The van der Waals surface area contributed by atoms with Gasteiger partial charge in [0.25, 0.3) is 0 Å². The number of aromatic hydroxyl groups is 1. The molecule has 2 fully saturated rings. The SMILES string of the molecule is C=C(Nc1ccc(C(C)(C)C)cc1)N(C)C1C(C)N(CC2CC2)CCC1(C)c1cc(O)ccc1CC. The molecule has 4 nitrogen and oxygen atoms in total. The second-order valence-corrected chi connectivity index (χ2v) is 12.5. The summed E-state index contributed by atoms with van der Waals surface area (Å²) in [6.07, 6.45) is 4.75. The van der Waals surface area contributed by atoms with Crippen molar-refractivity contribution >= 4 is 5.69 Å². The third-order valence-corrected chi connectivity index (χ3v) is 8.77. The molecule has 196 valence electrons. The van der Waals surface area contributed by atoms with Gasteiger partial charge in [0, 0.05) is 30.7 Å². The van der Waals surface area contributed by atoms with E-state index in [1.54, 1.807) is 0 Å². The Balaban J connectivity index is 1.64. The summed E-state index contributed by atoms with van der Waals surface area (Å²) in [5.41, 5.74) is 5.02. The summed E-state index contributed by atoms with van der Waals surface area (Å²) in [5, 5.41) is 14.1. The van der Waals surface area contributed by atoms with E-state index in [1.807, 2.05) is 12.1 Å². The summed E-state index contributed by atoms with van der Waals surface area (Å²) in [7, 11) is 2.19. The molecular weight excluding hydrogens is 442 g/mol. The normalized spacial score (nSPS) is 25.0. The number of hydrogen-bond donors (Lipinski definition) is 2. The molecule has 2 N–H and O–H groups in total. The molecule has 0 amide bonds. The topological polar surface area (TPSA) is 38.7 Å². The Kier molecular flexibility index (Phi) is 7.48. The van der Waals surface area contributed by atoms with Crippen LogP contribution < -0.4 is 5.32 Å². The van der Waals surface area contributed by atoms with Crippen LogP contribution in [-0.2, 0) is 17.3 Å². The number of likely N-dealkylation sites (tertiary alicyclic amines) is 1. The second-order valence-electron chi connectivity index (χ2n) is 12.5. The van der Waals surface area contributed by atoms with Crippen molar-refractivity contribution in [3.8, 4) is 5.75 Å².